The molecule has 2 aromatic rings. The summed E-state index contributed by atoms with van der Waals surface area (Å²) in [7, 11) is 1.59. The van der Waals surface area contributed by atoms with Crippen molar-refractivity contribution in [1.29, 1.82) is 0 Å². The smallest absolute Gasteiger partial charge is 0.409 e. The number of aliphatic hydroxyl groups is 1. The van der Waals surface area contributed by atoms with Crippen LogP contribution in [0, 0.1) is 11.7 Å². The maximum Gasteiger partial charge on any atom is 0.409 e. The second-order valence-corrected chi connectivity index (χ2v) is 6.96. The molecule has 0 saturated carbocycles. The van der Waals surface area contributed by atoms with Gasteiger partial charge < -0.3 is 19.5 Å². The highest BCUT2D eigenvalue weighted by Gasteiger charge is 2.42. The number of carbonyl (C=O) groups is 1. The second kappa shape index (κ2) is 8.61. The number of methoxy groups -OCH3 is 1. The van der Waals surface area contributed by atoms with E-state index in [1.807, 2.05) is 12.1 Å². The summed E-state index contributed by atoms with van der Waals surface area (Å²) in [5, 5.41) is 11.9. The third-order valence-corrected chi connectivity index (χ3v) is 5.43. The maximum atomic E-state index is 13.5. The zero-order chi connectivity index (χ0) is 20.1. The largest absolute Gasteiger partial charge is 0.497 e. The summed E-state index contributed by atoms with van der Waals surface area (Å²) >= 11 is 0. The van der Waals surface area contributed by atoms with Gasteiger partial charge in [-0.1, -0.05) is 24.3 Å². The predicted octanol–water partition coefficient (Wildman–Crippen LogP) is 3.94. The molecule has 1 aliphatic heterocycles. The highest BCUT2D eigenvalue weighted by atomic mass is 19.1. The third kappa shape index (κ3) is 3.97. The number of benzene rings is 2. The number of ether oxygens (including phenoxy) is 2. The molecule has 0 radical (unpaired) electrons. The molecule has 2 aromatic carbocycles. The Balaban J connectivity index is 1.91. The Morgan fingerprint density at radius 2 is 1.64 bits per heavy atom. The number of rotatable bonds is 5. The molecule has 1 atom stereocenters. The van der Waals surface area contributed by atoms with Crippen molar-refractivity contribution < 1.29 is 23.8 Å². The highest BCUT2D eigenvalue weighted by molar-refractivity contribution is 5.67. The number of halogens is 1. The van der Waals surface area contributed by atoms with Gasteiger partial charge in [0.25, 0.3) is 0 Å². The molecular weight excluding hydrogens is 361 g/mol. The van der Waals surface area contributed by atoms with Crippen molar-refractivity contribution in [2.24, 2.45) is 5.92 Å². The first-order chi connectivity index (χ1) is 13.5. The quantitative estimate of drug-likeness (QED) is 0.844. The van der Waals surface area contributed by atoms with Crippen LogP contribution in [0.25, 0.3) is 0 Å². The molecule has 1 saturated heterocycles. The standard InChI is InChI=1S/C22H26FNO4/c1-3-28-21(25)24-14-12-18(13-15-24)22(26,16-4-8-19(23)9-5-16)17-6-10-20(27-2)11-7-17/h4-11,18,26H,3,12-15H2,1-2H3. The van der Waals surface area contributed by atoms with Crippen molar-refractivity contribution in [3.63, 3.8) is 0 Å². The number of piperidine rings is 1. The lowest BCUT2D eigenvalue weighted by Crippen LogP contribution is -2.46. The zero-order valence-corrected chi connectivity index (χ0v) is 16.2. The topological polar surface area (TPSA) is 59.0 Å². The van der Waals surface area contributed by atoms with Gasteiger partial charge in [-0.25, -0.2) is 9.18 Å². The molecule has 0 aliphatic carbocycles. The summed E-state index contributed by atoms with van der Waals surface area (Å²) in [6.07, 6.45) is 0.896. The first kappa shape index (κ1) is 20.1. The van der Waals surface area contributed by atoms with Crippen LogP contribution in [0.3, 0.4) is 0 Å². The summed E-state index contributed by atoms with van der Waals surface area (Å²) in [6, 6.07) is 13.2. The average molecular weight is 387 g/mol. The van der Waals surface area contributed by atoms with E-state index in [1.165, 1.54) is 12.1 Å². The Hall–Kier alpha value is -2.60. The van der Waals surface area contributed by atoms with E-state index in [1.54, 1.807) is 43.2 Å². The minimum Gasteiger partial charge on any atom is -0.497 e. The van der Waals surface area contributed by atoms with Crippen molar-refractivity contribution in [2.45, 2.75) is 25.4 Å². The molecule has 0 aromatic heterocycles. The van der Waals surface area contributed by atoms with Gasteiger partial charge >= 0.3 is 6.09 Å². The first-order valence-corrected chi connectivity index (χ1v) is 9.53. The number of hydrogen-bond donors (Lipinski definition) is 1. The summed E-state index contributed by atoms with van der Waals surface area (Å²) in [5.74, 6) is 0.220. The van der Waals surface area contributed by atoms with Crippen LogP contribution >= 0.6 is 0 Å². The van der Waals surface area contributed by atoms with E-state index in [-0.39, 0.29) is 17.8 Å². The minimum absolute atomic E-state index is 0.128. The maximum absolute atomic E-state index is 13.5. The van der Waals surface area contributed by atoms with Crippen LogP contribution < -0.4 is 4.74 Å². The summed E-state index contributed by atoms with van der Waals surface area (Å²) < 4.78 is 23.8. The summed E-state index contributed by atoms with van der Waals surface area (Å²) in [5.41, 5.74) is 0.0592. The number of nitrogens with zero attached hydrogens (tertiary/aromatic N) is 1. The van der Waals surface area contributed by atoms with Crippen LogP contribution in [-0.4, -0.2) is 42.9 Å². The molecule has 28 heavy (non-hydrogen) atoms. The van der Waals surface area contributed by atoms with Crippen molar-refractivity contribution >= 4 is 6.09 Å². The Kier molecular flexibility index (Phi) is 6.19. The van der Waals surface area contributed by atoms with Crippen LogP contribution in [0.2, 0.25) is 0 Å². The SMILES string of the molecule is CCOC(=O)N1CCC(C(O)(c2ccc(F)cc2)c2ccc(OC)cc2)CC1. The van der Waals surface area contributed by atoms with E-state index >= 15 is 0 Å². The number of amides is 1. The highest BCUT2D eigenvalue weighted by Crippen LogP contribution is 2.42. The lowest BCUT2D eigenvalue weighted by Gasteiger charge is -2.42. The van der Waals surface area contributed by atoms with E-state index in [0.717, 1.165) is 5.56 Å². The fourth-order valence-electron chi connectivity index (χ4n) is 3.88. The summed E-state index contributed by atoms with van der Waals surface area (Å²) in [4.78, 5) is 13.7. The van der Waals surface area contributed by atoms with Crippen LogP contribution in [-0.2, 0) is 10.3 Å². The summed E-state index contributed by atoms with van der Waals surface area (Å²) in [6.45, 7) is 3.12. The fraction of sp³-hybridized carbons (Fsp3) is 0.409. The van der Waals surface area contributed by atoms with E-state index in [0.29, 0.717) is 43.9 Å². The average Bonchev–Trinajstić information content (AvgIpc) is 2.74. The van der Waals surface area contributed by atoms with Crippen LogP contribution in [0.4, 0.5) is 9.18 Å². The van der Waals surface area contributed by atoms with Crippen LogP contribution in [0.5, 0.6) is 5.75 Å². The van der Waals surface area contributed by atoms with Crippen molar-refractivity contribution in [3.05, 3.63) is 65.5 Å². The molecule has 1 fully saturated rings. The number of likely N-dealkylation sites (tertiary alicyclic amines) is 1. The van der Waals surface area contributed by atoms with E-state index in [9.17, 15) is 14.3 Å². The van der Waals surface area contributed by atoms with Gasteiger partial charge in [0.15, 0.2) is 0 Å². The lowest BCUT2D eigenvalue weighted by atomic mass is 9.72. The van der Waals surface area contributed by atoms with E-state index in [4.69, 9.17) is 9.47 Å². The van der Waals surface area contributed by atoms with Crippen molar-refractivity contribution in [2.75, 3.05) is 26.8 Å². The van der Waals surface area contributed by atoms with E-state index in [2.05, 4.69) is 0 Å². The van der Waals surface area contributed by atoms with Gasteiger partial charge in [-0.15, -0.1) is 0 Å². The Morgan fingerprint density at radius 3 is 2.14 bits per heavy atom. The normalized spacial score (nSPS) is 17.1. The number of hydrogen-bond acceptors (Lipinski definition) is 4. The molecule has 5 nitrogen and oxygen atoms in total. The molecule has 1 N–H and O–H groups in total. The van der Waals surface area contributed by atoms with Gasteiger partial charge in [-0.05, 0) is 61.1 Å². The molecule has 0 bridgehead atoms. The van der Waals surface area contributed by atoms with E-state index < -0.39 is 5.60 Å². The van der Waals surface area contributed by atoms with Crippen LogP contribution in [0.15, 0.2) is 48.5 Å². The first-order valence-electron chi connectivity index (χ1n) is 9.53. The van der Waals surface area contributed by atoms with Crippen molar-refractivity contribution in [1.82, 2.24) is 4.90 Å². The fourth-order valence-corrected chi connectivity index (χ4v) is 3.88. The van der Waals surface area contributed by atoms with Gasteiger partial charge in [0.05, 0.1) is 13.7 Å². The van der Waals surface area contributed by atoms with Gasteiger partial charge in [-0.2, -0.15) is 0 Å². The third-order valence-electron chi connectivity index (χ3n) is 5.43. The second-order valence-electron chi connectivity index (χ2n) is 6.96. The van der Waals surface area contributed by atoms with Gasteiger partial charge in [0, 0.05) is 13.1 Å². The molecule has 6 heteroatoms. The minimum atomic E-state index is -1.29. The molecular formula is C22H26FNO4. The molecule has 1 unspecified atom stereocenters. The molecule has 0 spiro atoms. The number of carbonyl (C=O) groups excluding carboxylic acids is 1. The zero-order valence-electron chi connectivity index (χ0n) is 16.2. The van der Waals surface area contributed by atoms with Gasteiger partial charge in [0.1, 0.15) is 17.2 Å². The molecule has 3 rings (SSSR count). The van der Waals surface area contributed by atoms with Gasteiger partial charge in [0.2, 0.25) is 0 Å². The van der Waals surface area contributed by atoms with Gasteiger partial charge in [-0.3, -0.25) is 0 Å². The molecule has 1 aliphatic rings. The van der Waals surface area contributed by atoms with Crippen LogP contribution in [0.1, 0.15) is 30.9 Å². The Labute approximate surface area is 164 Å². The lowest BCUT2D eigenvalue weighted by molar-refractivity contribution is -0.0142. The van der Waals surface area contributed by atoms with Crippen molar-refractivity contribution in [3.8, 4) is 5.75 Å². The monoisotopic (exact) mass is 387 g/mol. The Morgan fingerprint density at radius 1 is 1.11 bits per heavy atom. The predicted molar refractivity (Wildman–Crippen MR) is 104 cm³/mol. The molecule has 1 amide bonds. The Bertz CT molecular complexity index is 785. The molecule has 150 valence electrons. The molecule has 1 heterocycles.